The smallest absolute Gasteiger partial charge is 0.0430 e. The minimum Gasteiger partial charge on any atom is -0.323 e. The van der Waals surface area contributed by atoms with Gasteiger partial charge in [-0.1, -0.05) is 23.7 Å². The van der Waals surface area contributed by atoms with Gasteiger partial charge in [0.2, 0.25) is 0 Å². The molecule has 90 valence electrons. The molecule has 0 saturated carbocycles. The van der Waals surface area contributed by atoms with Crippen molar-refractivity contribution in [3.8, 4) is 0 Å². The van der Waals surface area contributed by atoms with E-state index in [1.807, 2.05) is 18.2 Å². The fourth-order valence-electron chi connectivity index (χ4n) is 1.80. The van der Waals surface area contributed by atoms with Crippen molar-refractivity contribution >= 4 is 22.9 Å². The molecule has 1 aromatic heterocycles. The fraction of sp³-hybridized carbons (Fsp3) is 0.286. The second-order valence-electron chi connectivity index (χ2n) is 4.33. The van der Waals surface area contributed by atoms with E-state index in [2.05, 4.69) is 26.0 Å². The molecule has 2 rings (SSSR count). The van der Waals surface area contributed by atoms with Crippen LogP contribution in [0.2, 0.25) is 5.02 Å². The van der Waals surface area contributed by atoms with Gasteiger partial charge in [0.05, 0.1) is 0 Å². The van der Waals surface area contributed by atoms with Gasteiger partial charge >= 0.3 is 0 Å². The number of benzene rings is 1. The maximum absolute atomic E-state index is 6.23. The number of aryl methyl sites for hydroxylation is 2. The first-order chi connectivity index (χ1) is 8.06. The highest BCUT2D eigenvalue weighted by Gasteiger charge is 2.11. The normalized spacial score (nSPS) is 12.7. The van der Waals surface area contributed by atoms with Gasteiger partial charge in [-0.15, -0.1) is 11.3 Å². The van der Waals surface area contributed by atoms with Gasteiger partial charge in [0.15, 0.2) is 0 Å². The molecule has 0 aliphatic carbocycles. The first-order valence-electron chi connectivity index (χ1n) is 5.63. The molecule has 0 spiro atoms. The lowest BCUT2D eigenvalue weighted by Crippen LogP contribution is -2.11. The highest BCUT2D eigenvalue weighted by molar-refractivity contribution is 7.12. The van der Waals surface area contributed by atoms with Crippen LogP contribution >= 0.6 is 22.9 Å². The molecular formula is C14H16ClNS. The third-order valence-electron chi connectivity index (χ3n) is 2.90. The van der Waals surface area contributed by atoms with Crippen LogP contribution in [0, 0.1) is 13.8 Å². The van der Waals surface area contributed by atoms with E-state index in [0.717, 1.165) is 11.4 Å². The molecule has 0 fully saturated rings. The molecule has 0 bridgehead atoms. The molecule has 1 atom stereocenters. The topological polar surface area (TPSA) is 26.0 Å². The summed E-state index contributed by atoms with van der Waals surface area (Å²) in [5, 5.41) is 0.772. The predicted octanol–water partition coefficient (Wildman–Crippen LogP) is 4.26. The summed E-state index contributed by atoms with van der Waals surface area (Å²) in [5.74, 6) is 0. The summed E-state index contributed by atoms with van der Waals surface area (Å²) in [6, 6.07) is 10.2. The van der Waals surface area contributed by atoms with Gasteiger partial charge < -0.3 is 5.73 Å². The zero-order chi connectivity index (χ0) is 12.4. The lowest BCUT2D eigenvalue weighted by molar-refractivity contribution is 0.736. The van der Waals surface area contributed by atoms with Gasteiger partial charge in [0.1, 0.15) is 0 Å². The molecule has 1 heterocycles. The molecule has 2 N–H and O–H groups in total. The minimum atomic E-state index is 0.0610. The molecule has 0 saturated heterocycles. The molecular weight excluding hydrogens is 250 g/mol. The Labute approximate surface area is 111 Å². The van der Waals surface area contributed by atoms with Gasteiger partial charge in [-0.2, -0.15) is 0 Å². The quantitative estimate of drug-likeness (QED) is 0.882. The van der Waals surface area contributed by atoms with Crippen molar-refractivity contribution in [3.05, 3.63) is 56.2 Å². The number of rotatable bonds is 3. The van der Waals surface area contributed by atoms with E-state index in [9.17, 15) is 0 Å². The molecule has 0 amide bonds. The van der Waals surface area contributed by atoms with E-state index in [-0.39, 0.29) is 6.04 Å². The Balaban J connectivity index is 2.14. The average molecular weight is 266 g/mol. The van der Waals surface area contributed by atoms with Gasteiger partial charge in [-0.3, -0.25) is 0 Å². The Kier molecular flexibility index (Phi) is 3.87. The number of nitrogens with two attached hydrogens (primary N) is 1. The van der Waals surface area contributed by atoms with Crippen LogP contribution in [0.25, 0.3) is 0 Å². The van der Waals surface area contributed by atoms with Crippen molar-refractivity contribution in [1.29, 1.82) is 0 Å². The number of halogens is 1. The largest absolute Gasteiger partial charge is 0.323 e. The molecule has 0 aliphatic heterocycles. The van der Waals surface area contributed by atoms with E-state index in [1.165, 1.54) is 20.9 Å². The Morgan fingerprint density at radius 3 is 2.65 bits per heavy atom. The maximum atomic E-state index is 6.23. The van der Waals surface area contributed by atoms with Crippen LogP contribution in [-0.2, 0) is 6.42 Å². The number of thiophene rings is 1. The van der Waals surface area contributed by atoms with Crippen molar-refractivity contribution < 1.29 is 0 Å². The van der Waals surface area contributed by atoms with Crippen LogP contribution < -0.4 is 5.73 Å². The van der Waals surface area contributed by atoms with Crippen LogP contribution in [-0.4, -0.2) is 0 Å². The molecule has 1 unspecified atom stereocenters. The monoisotopic (exact) mass is 265 g/mol. The third-order valence-corrected chi connectivity index (χ3v) is 4.41. The first-order valence-corrected chi connectivity index (χ1v) is 6.82. The summed E-state index contributed by atoms with van der Waals surface area (Å²) in [6.07, 6.45) is 0.833. The molecule has 2 aromatic rings. The summed E-state index contributed by atoms with van der Waals surface area (Å²) < 4.78 is 0. The van der Waals surface area contributed by atoms with Crippen molar-refractivity contribution in [1.82, 2.24) is 0 Å². The highest BCUT2D eigenvalue weighted by Crippen LogP contribution is 2.27. The Morgan fingerprint density at radius 1 is 1.29 bits per heavy atom. The van der Waals surface area contributed by atoms with Gasteiger partial charge in [-0.25, -0.2) is 0 Å². The third kappa shape index (κ3) is 3.09. The highest BCUT2D eigenvalue weighted by atomic mass is 35.5. The van der Waals surface area contributed by atoms with Crippen molar-refractivity contribution in [2.45, 2.75) is 26.3 Å². The molecule has 0 aliphatic rings. The second kappa shape index (κ2) is 5.21. The standard InChI is InChI=1S/C14H16ClNS/c1-9-6-14(17-10(9)2)13(16)8-11-4-3-5-12(15)7-11/h3-7,13H,8,16H2,1-2H3. The summed E-state index contributed by atoms with van der Waals surface area (Å²) in [4.78, 5) is 2.60. The first kappa shape index (κ1) is 12.6. The van der Waals surface area contributed by atoms with E-state index >= 15 is 0 Å². The van der Waals surface area contributed by atoms with Crippen molar-refractivity contribution in [2.24, 2.45) is 5.73 Å². The van der Waals surface area contributed by atoms with E-state index in [4.69, 9.17) is 17.3 Å². The van der Waals surface area contributed by atoms with Crippen LogP contribution in [0.3, 0.4) is 0 Å². The maximum Gasteiger partial charge on any atom is 0.0430 e. The summed E-state index contributed by atoms with van der Waals surface area (Å²) >= 11 is 7.75. The molecule has 3 heteroatoms. The number of hydrogen-bond donors (Lipinski definition) is 1. The Morgan fingerprint density at radius 2 is 2.06 bits per heavy atom. The van der Waals surface area contributed by atoms with Gasteiger partial charge in [-0.05, 0) is 49.6 Å². The van der Waals surface area contributed by atoms with Crippen LogP contribution in [0.5, 0.6) is 0 Å². The summed E-state index contributed by atoms with van der Waals surface area (Å²) in [7, 11) is 0. The second-order valence-corrected chi connectivity index (χ2v) is 6.05. The zero-order valence-corrected chi connectivity index (χ0v) is 11.6. The Bertz CT molecular complexity index is 499. The lowest BCUT2D eigenvalue weighted by atomic mass is 10.1. The lowest BCUT2D eigenvalue weighted by Gasteiger charge is -2.09. The molecule has 1 aromatic carbocycles. The van der Waals surface area contributed by atoms with Crippen molar-refractivity contribution in [3.63, 3.8) is 0 Å². The van der Waals surface area contributed by atoms with E-state index in [0.29, 0.717) is 0 Å². The van der Waals surface area contributed by atoms with Gasteiger partial charge in [0.25, 0.3) is 0 Å². The average Bonchev–Trinajstić information content (AvgIpc) is 2.59. The van der Waals surface area contributed by atoms with Crippen molar-refractivity contribution in [2.75, 3.05) is 0 Å². The zero-order valence-electron chi connectivity index (χ0n) is 10.0. The predicted molar refractivity (Wildman–Crippen MR) is 75.9 cm³/mol. The van der Waals surface area contributed by atoms with Crippen LogP contribution in [0.4, 0.5) is 0 Å². The summed E-state index contributed by atoms with van der Waals surface area (Å²) in [5.41, 5.74) is 8.74. The van der Waals surface area contributed by atoms with Crippen LogP contribution in [0.15, 0.2) is 30.3 Å². The van der Waals surface area contributed by atoms with E-state index < -0.39 is 0 Å². The molecule has 17 heavy (non-hydrogen) atoms. The SMILES string of the molecule is Cc1cc(C(N)Cc2cccc(Cl)c2)sc1C. The minimum absolute atomic E-state index is 0.0610. The number of hydrogen-bond acceptors (Lipinski definition) is 2. The molecule has 1 nitrogen and oxygen atoms in total. The fourth-order valence-corrected chi connectivity index (χ4v) is 3.06. The summed E-state index contributed by atoms with van der Waals surface area (Å²) in [6.45, 7) is 4.26. The molecule has 0 radical (unpaired) electrons. The van der Waals surface area contributed by atoms with Crippen LogP contribution in [0.1, 0.15) is 26.9 Å². The Hall–Kier alpha value is -0.830. The van der Waals surface area contributed by atoms with Gasteiger partial charge in [0, 0.05) is 20.8 Å². The van der Waals surface area contributed by atoms with E-state index in [1.54, 1.807) is 11.3 Å².